The van der Waals surface area contributed by atoms with Gasteiger partial charge in [0, 0.05) is 5.69 Å². The van der Waals surface area contributed by atoms with Gasteiger partial charge in [-0.25, -0.2) is 4.79 Å². The number of amides is 1. The second-order valence-electron chi connectivity index (χ2n) is 5.73. The van der Waals surface area contributed by atoms with Gasteiger partial charge in [0.2, 0.25) is 0 Å². The SMILES string of the molecule is CCCC[C@H](NC(=O)c1cc2c([nH]c1=O)CCCC2)C(=O)O. The molecule has 0 aliphatic heterocycles. The van der Waals surface area contributed by atoms with E-state index in [1.54, 1.807) is 6.07 Å². The molecule has 1 atom stereocenters. The first-order valence-electron chi connectivity index (χ1n) is 7.81. The Bertz CT molecular complexity index is 621. The number of aryl methyl sites for hydroxylation is 2. The maximum atomic E-state index is 12.2. The predicted octanol–water partition coefficient (Wildman–Crippen LogP) is 1.63. The smallest absolute Gasteiger partial charge is 0.326 e. The average molecular weight is 306 g/mol. The topological polar surface area (TPSA) is 99.3 Å². The lowest BCUT2D eigenvalue weighted by Crippen LogP contribution is -2.42. The van der Waals surface area contributed by atoms with Gasteiger partial charge < -0.3 is 15.4 Å². The number of unbranched alkanes of at least 4 members (excludes halogenated alkanes) is 1. The van der Waals surface area contributed by atoms with Crippen LogP contribution in [0.4, 0.5) is 0 Å². The standard InChI is InChI=1S/C16H22N2O4/c1-2-3-7-13(16(21)22)18-15(20)11-9-10-6-4-5-8-12(10)17-14(11)19/h9,13H,2-8H2,1H3,(H,17,19)(H,18,20)(H,21,22)/t13-/m0/s1. The van der Waals surface area contributed by atoms with E-state index in [0.29, 0.717) is 12.8 Å². The number of H-pyrrole nitrogens is 1. The molecule has 1 aromatic heterocycles. The van der Waals surface area contributed by atoms with Crippen LogP contribution in [-0.2, 0) is 17.6 Å². The van der Waals surface area contributed by atoms with Crippen LogP contribution in [0.15, 0.2) is 10.9 Å². The molecule has 120 valence electrons. The highest BCUT2D eigenvalue weighted by Crippen LogP contribution is 2.18. The second-order valence-corrected chi connectivity index (χ2v) is 5.73. The minimum atomic E-state index is -1.07. The van der Waals surface area contributed by atoms with E-state index < -0.39 is 23.5 Å². The van der Waals surface area contributed by atoms with E-state index in [4.69, 9.17) is 5.11 Å². The number of hydrogen-bond acceptors (Lipinski definition) is 3. The zero-order valence-electron chi connectivity index (χ0n) is 12.8. The van der Waals surface area contributed by atoms with Crippen molar-refractivity contribution in [2.24, 2.45) is 0 Å². The van der Waals surface area contributed by atoms with Crippen molar-refractivity contribution < 1.29 is 14.7 Å². The van der Waals surface area contributed by atoms with Crippen LogP contribution < -0.4 is 10.9 Å². The van der Waals surface area contributed by atoms with E-state index >= 15 is 0 Å². The number of fused-ring (bicyclic) bond motifs is 1. The van der Waals surface area contributed by atoms with Gasteiger partial charge in [0.1, 0.15) is 11.6 Å². The Kier molecular flexibility index (Phi) is 5.35. The molecule has 1 aliphatic carbocycles. The van der Waals surface area contributed by atoms with Crippen LogP contribution in [0.3, 0.4) is 0 Å². The lowest BCUT2D eigenvalue weighted by Gasteiger charge is -2.17. The highest BCUT2D eigenvalue weighted by atomic mass is 16.4. The molecule has 0 unspecified atom stereocenters. The Morgan fingerprint density at radius 3 is 2.77 bits per heavy atom. The molecule has 2 rings (SSSR count). The summed E-state index contributed by atoms with van der Waals surface area (Å²) in [5.41, 5.74) is 1.44. The summed E-state index contributed by atoms with van der Waals surface area (Å²) in [5.74, 6) is -1.69. The third-order valence-electron chi connectivity index (χ3n) is 4.03. The number of rotatable bonds is 6. The lowest BCUT2D eigenvalue weighted by atomic mass is 9.95. The molecule has 6 nitrogen and oxygen atoms in total. The molecule has 0 saturated heterocycles. The maximum Gasteiger partial charge on any atom is 0.326 e. The summed E-state index contributed by atoms with van der Waals surface area (Å²) in [5, 5.41) is 11.6. The molecule has 1 aromatic rings. The zero-order valence-corrected chi connectivity index (χ0v) is 12.8. The van der Waals surface area contributed by atoms with E-state index in [0.717, 1.165) is 43.4 Å². The number of carbonyl (C=O) groups excluding carboxylic acids is 1. The fourth-order valence-corrected chi connectivity index (χ4v) is 2.75. The van der Waals surface area contributed by atoms with E-state index in [9.17, 15) is 14.4 Å². The number of aromatic nitrogens is 1. The molecule has 1 amide bonds. The van der Waals surface area contributed by atoms with E-state index in [1.807, 2.05) is 6.92 Å². The zero-order chi connectivity index (χ0) is 16.1. The van der Waals surface area contributed by atoms with Gasteiger partial charge in [-0.2, -0.15) is 0 Å². The van der Waals surface area contributed by atoms with Crippen molar-refractivity contribution in [3.8, 4) is 0 Å². The molecule has 22 heavy (non-hydrogen) atoms. The Balaban J connectivity index is 2.18. The van der Waals surface area contributed by atoms with Crippen molar-refractivity contribution in [2.45, 2.75) is 57.9 Å². The van der Waals surface area contributed by atoms with Crippen molar-refractivity contribution in [3.63, 3.8) is 0 Å². The number of hydrogen-bond donors (Lipinski definition) is 3. The number of carboxylic acid groups (broad SMARTS) is 1. The molecule has 6 heteroatoms. The van der Waals surface area contributed by atoms with Crippen LogP contribution in [0.25, 0.3) is 0 Å². The molecule has 1 heterocycles. The highest BCUT2D eigenvalue weighted by molar-refractivity contribution is 5.96. The number of aliphatic carboxylic acids is 1. The van der Waals surface area contributed by atoms with Gasteiger partial charge in [-0.15, -0.1) is 0 Å². The van der Waals surface area contributed by atoms with Gasteiger partial charge >= 0.3 is 5.97 Å². The van der Waals surface area contributed by atoms with Gasteiger partial charge in [0.05, 0.1) is 0 Å². The van der Waals surface area contributed by atoms with Crippen molar-refractivity contribution in [1.29, 1.82) is 0 Å². The summed E-state index contributed by atoms with van der Waals surface area (Å²) >= 11 is 0. The van der Waals surface area contributed by atoms with Crippen molar-refractivity contribution in [2.75, 3.05) is 0 Å². The molecule has 0 fully saturated rings. The van der Waals surface area contributed by atoms with Crippen LogP contribution >= 0.6 is 0 Å². The predicted molar refractivity (Wildman–Crippen MR) is 82.1 cm³/mol. The third kappa shape index (κ3) is 3.75. The van der Waals surface area contributed by atoms with Crippen molar-refractivity contribution in [3.05, 3.63) is 33.2 Å². The second kappa shape index (κ2) is 7.24. The highest BCUT2D eigenvalue weighted by Gasteiger charge is 2.23. The van der Waals surface area contributed by atoms with Gasteiger partial charge in [-0.1, -0.05) is 19.8 Å². The first-order chi connectivity index (χ1) is 10.5. The fraction of sp³-hybridized carbons (Fsp3) is 0.562. The average Bonchev–Trinajstić information content (AvgIpc) is 2.50. The Labute approximate surface area is 128 Å². The van der Waals surface area contributed by atoms with Crippen LogP contribution in [0.1, 0.15) is 60.6 Å². The van der Waals surface area contributed by atoms with Gasteiger partial charge in [-0.3, -0.25) is 9.59 Å². The van der Waals surface area contributed by atoms with Crippen LogP contribution in [0.2, 0.25) is 0 Å². The summed E-state index contributed by atoms with van der Waals surface area (Å²) in [7, 11) is 0. The molecule has 1 aliphatic rings. The van der Waals surface area contributed by atoms with Crippen molar-refractivity contribution >= 4 is 11.9 Å². The quantitative estimate of drug-likeness (QED) is 0.743. The molecule has 0 aromatic carbocycles. The monoisotopic (exact) mass is 306 g/mol. The molecule has 0 spiro atoms. The number of nitrogens with one attached hydrogen (secondary N) is 2. The summed E-state index contributed by atoms with van der Waals surface area (Å²) in [6.07, 6.45) is 5.64. The number of carboxylic acids is 1. The molecule has 0 radical (unpaired) electrons. The van der Waals surface area contributed by atoms with Crippen molar-refractivity contribution in [1.82, 2.24) is 10.3 Å². The summed E-state index contributed by atoms with van der Waals surface area (Å²) in [6, 6.07) is 0.657. The van der Waals surface area contributed by atoms with E-state index in [2.05, 4.69) is 10.3 Å². The third-order valence-corrected chi connectivity index (χ3v) is 4.03. The number of pyridine rings is 1. The first kappa shape index (κ1) is 16.3. The van der Waals surface area contributed by atoms with E-state index in [1.165, 1.54) is 0 Å². The summed E-state index contributed by atoms with van der Waals surface area (Å²) < 4.78 is 0. The van der Waals surface area contributed by atoms with Crippen LogP contribution in [0, 0.1) is 0 Å². The fourth-order valence-electron chi connectivity index (χ4n) is 2.75. The minimum Gasteiger partial charge on any atom is -0.480 e. The number of carbonyl (C=O) groups is 2. The lowest BCUT2D eigenvalue weighted by molar-refractivity contribution is -0.139. The normalized spacial score (nSPS) is 15.0. The molecule has 3 N–H and O–H groups in total. The van der Waals surface area contributed by atoms with Crippen LogP contribution in [-0.4, -0.2) is 28.0 Å². The summed E-state index contributed by atoms with van der Waals surface area (Å²) in [6.45, 7) is 1.95. The van der Waals surface area contributed by atoms with Crippen LogP contribution in [0.5, 0.6) is 0 Å². The number of aromatic amines is 1. The largest absolute Gasteiger partial charge is 0.480 e. The van der Waals surface area contributed by atoms with Gasteiger partial charge in [0.25, 0.3) is 11.5 Å². The molecular weight excluding hydrogens is 284 g/mol. The van der Waals surface area contributed by atoms with E-state index in [-0.39, 0.29) is 5.56 Å². The minimum absolute atomic E-state index is 0.00315. The first-order valence-corrected chi connectivity index (χ1v) is 7.81. The van der Waals surface area contributed by atoms with Gasteiger partial charge in [-0.05, 0) is 43.7 Å². The summed E-state index contributed by atoms with van der Waals surface area (Å²) in [4.78, 5) is 38.2. The Morgan fingerprint density at radius 1 is 1.36 bits per heavy atom. The van der Waals surface area contributed by atoms with Gasteiger partial charge in [0.15, 0.2) is 0 Å². The Hall–Kier alpha value is -2.11. The molecule has 0 saturated carbocycles. The molecular formula is C16H22N2O4. The molecule has 0 bridgehead atoms. The maximum absolute atomic E-state index is 12.2. The Morgan fingerprint density at radius 2 is 2.09 bits per heavy atom.